The van der Waals surface area contributed by atoms with Gasteiger partial charge in [-0.25, -0.2) is 19.3 Å². The number of pyridine rings is 1. The number of anilines is 2. The molecule has 0 saturated heterocycles. The van der Waals surface area contributed by atoms with E-state index in [1.807, 2.05) is 18.2 Å². The van der Waals surface area contributed by atoms with E-state index in [1.54, 1.807) is 12.1 Å². The first-order valence-electron chi connectivity index (χ1n) is 12.0. The van der Waals surface area contributed by atoms with E-state index < -0.39 is 23.7 Å². The summed E-state index contributed by atoms with van der Waals surface area (Å²) in [6.07, 6.45) is -1.08. The molecule has 0 unspecified atom stereocenters. The van der Waals surface area contributed by atoms with Crippen LogP contribution in [0, 0.1) is 0 Å². The number of rotatable bonds is 6. The molecule has 3 aromatic heterocycles. The van der Waals surface area contributed by atoms with Gasteiger partial charge in [0.15, 0.2) is 11.5 Å². The highest BCUT2D eigenvalue weighted by atomic mass is 19.4. The Balaban J connectivity index is 1.46. The van der Waals surface area contributed by atoms with Crippen LogP contribution in [0.1, 0.15) is 29.7 Å². The maximum Gasteiger partial charge on any atom is 0.408 e. The summed E-state index contributed by atoms with van der Waals surface area (Å²) in [5, 5.41) is 16.2. The molecular weight excluding hydrogens is 487 g/mol. The van der Waals surface area contributed by atoms with Crippen LogP contribution in [0.4, 0.5) is 24.8 Å². The van der Waals surface area contributed by atoms with Crippen LogP contribution in [0.25, 0.3) is 16.9 Å². The van der Waals surface area contributed by atoms with Gasteiger partial charge in [-0.1, -0.05) is 12.1 Å². The van der Waals surface area contributed by atoms with E-state index in [2.05, 4.69) is 25.6 Å². The number of aliphatic hydroxyl groups excluding tert-OH is 1. The Labute approximate surface area is 209 Å². The molecule has 0 bridgehead atoms. The van der Waals surface area contributed by atoms with Gasteiger partial charge in [0.2, 0.25) is 5.95 Å². The second-order valence-electron chi connectivity index (χ2n) is 9.58. The lowest BCUT2D eigenvalue weighted by Gasteiger charge is -2.18. The second-order valence-corrected chi connectivity index (χ2v) is 9.58. The van der Waals surface area contributed by atoms with Gasteiger partial charge in [-0.3, -0.25) is 4.79 Å². The Kier molecular flexibility index (Phi) is 5.53. The summed E-state index contributed by atoms with van der Waals surface area (Å²) >= 11 is 0. The van der Waals surface area contributed by atoms with Crippen LogP contribution >= 0.6 is 0 Å². The molecule has 1 aromatic carbocycles. The molecule has 9 nitrogen and oxygen atoms in total. The van der Waals surface area contributed by atoms with Gasteiger partial charge in [0.25, 0.3) is 5.56 Å². The molecule has 1 saturated carbocycles. The van der Waals surface area contributed by atoms with Crippen LogP contribution in [0.5, 0.6) is 0 Å². The molecule has 1 aliphatic heterocycles. The molecule has 3 N–H and O–H groups in total. The van der Waals surface area contributed by atoms with E-state index in [0.717, 1.165) is 42.7 Å². The smallest absolute Gasteiger partial charge is 0.395 e. The molecule has 192 valence electrons. The van der Waals surface area contributed by atoms with Gasteiger partial charge in [-0.2, -0.15) is 18.2 Å². The average Bonchev–Trinajstić information content (AvgIpc) is 3.64. The van der Waals surface area contributed by atoms with Crippen LogP contribution in [-0.4, -0.2) is 48.8 Å². The number of hydrogen-bond donors (Lipinski definition) is 3. The third-order valence-electron chi connectivity index (χ3n) is 7.00. The third kappa shape index (κ3) is 4.36. The molecule has 0 atom stereocenters. The molecule has 1 aliphatic carbocycles. The summed E-state index contributed by atoms with van der Waals surface area (Å²) in [7, 11) is 0. The van der Waals surface area contributed by atoms with E-state index in [4.69, 9.17) is 0 Å². The van der Waals surface area contributed by atoms with Crippen molar-refractivity contribution in [3.05, 3.63) is 69.8 Å². The average molecular weight is 512 g/mol. The fourth-order valence-electron chi connectivity index (χ4n) is 4.80. The Morgan fingerprint density at radius 2 is 1.97 bits per heavy atom. The van der Waals surface area contributed by atoms with Gasteiger partial charge in [0.05, 0.1) is 12.3 Å². The third-order valence-corrected chi connectivity index (χ3v) is 7.00. The Morgan fingerprint density at radius 1 is 1.14 bits per heavy atom. The number of halogens is 3. The monoisotopic (exact) mass is 511 g/mol. The summed E-state index contributed by atoms with van der Waals surface area (Å²) in [4.78, 5) is 26.3. The first-order valence-corrected chi connectivity index (χ1v) is 12.0. The predicted molar refractivity (Wildman–Crippen MR) is 130 cm³/mol. The molecule has 0 radical (unpaired) electrons. The van der Waals surface area contributed by atoms with Gasteiger partial charge in [-0.15, -0.1) is 0 Å². The van der Waals surface area contributed by atoms with E-state index in [-0.39, 0.29) is 29.4 Å². The summed E-state index contributed by atoms with van der Waals surface area (Å²) in [6.45, 7) is 0.0431. The van der Waals surface area contributed by atoms with Crippen LogP contribution in [-0.2, 0) is 24.9 Å². The maximum atomic E-state index is 13.5. The summed E-state index contributed by atoms with van der Waals surface area (Å²) in [5.74, 6) is 0.254. The van der Waals surface area contributed by atoms with Crippen molar-refractivity contribution in [3.8, 4) is 5.82 Å². The highest BCUT2D eigenvalue weighted by molar-refractivity contribution is 5.77. The molecule has 4 heterocycles. The van der Waals surface area contributed by atoms with Crippen molar-refractivity contribution in [3.63, 3.8) is 0 Å². The van der Waals surface area contributed by atoms with Gasteiger partial charge in [-0.05, 0) is 61.2 Å². The zero-order valence-electron chi connectivity index (χ0n) is 19.7. The zero-order chi connectivity index (χ0) is 25.8. The number of nitrogens with one attached hydrogen (secondary N) is 2. The van der Waals surface area contributed by atoms with Gasteiger partial charge in [0.1, 0.15) is 11.9 Å². The Bertz CT molecular complexity index is 1560. The summed E-state index contributed by atoms with van der Waals surface area (Å²) in [5.41, 5.74) is 2.34. The van der Waals surface area contributed by atoms with Crippen LogP contribution in [0.15, 0.2) is 47.4 Å². The molecular formula is C25H24F3N7O2. The standard InChI is InChI=1S/C25H24F3N7O2/c26-25(27,28)13-34-22(37)18-12-30-23(31-17-5-4-16-11-29-9-6-15(16)10-17)33-21(18)35(34)20-3-1-2-19(32-20)24(14-36)7-8-24/h1-5,10,12,29,36H,6-9,11,13-14H2,(H,30,31,33). The molecule has 0 amide bonds. The number of aromatic nitrogens is 5. The van der Waals surface area contributed by atoms with Crippen molar-refractivity contribution in [2.45, 2.75) is 43.9 Å². The minimum atomic E-state index is -4.65. The van der Waals surface area contributed by atoms with Crippen molar-refractivity contribution in [1.29, 1.82) is 0 Å². The lowest BCUT2D eigenvalue weighted by Crippen LogP contribution is -2.30. The number of benzene rings is 1. The van der Waals surface area contributed by atoms with Crippen molar-refractivity contribution in [1.82, 2.24) is 29.6 Å². The van der Waals surface area contributed by atoms with E-state index >= 15 is 0 Å². The molecule has 0 spiro atoms. The number of hydrogen-bond acceptors (Lipinski definition) is 7. The molecule has 12 heteroatoms. The molecule has 1 fully saturated rings. The molecule has 4 aromatic rings. The zero-order valence-corrected chi connectivity index (χ0v) is 19.7. The minimum Gasteiger partial charge on any atom is -0.395 e. The van der Waals surface area contributed by atoms with Crippen molar-refractivity contribution < 1.29 is 18.3 Å². The molecule has 2 aliphatic rings. The summed E-state index contributed by atoms with van der Waals surface area (Å²) < 4.78 is 42.2. The number of nitrogens with zero attached hydrogens (tertiary/aromatic N) is 5. The molecule has 37 heavy (non-hydrogen) atoms. The topological polar surface area (TPSA) is 110 Å². The Morgan fingerprint density at radius 3 is 2.73 bits per heavy atom. The largest absolute Gasteiger partial charge is 0.408 e. The van der Waals surface area contributed by atoms with E-state index in [1.165, 1.54) is 23.4 Å². The maximum absolute atomic E-state index is 13.5. The lowest BCUT2D eigenvalue weighted by molar-refractivity contribution is -0.144. The lowest BCUT2D eigenvalue weighted by atomic mass is 10.0. The van der Waals surface area contributed by atoms with Crippen molar-refractivity contribution >= 4 is 22.7 Å². The van der Waals surface area contributed by atoms with Gasteiger partial charge < -0.3 is 15.7 Å². The fraction of sp³-hybridized carbons (Fsp3) is 0.360. The van der Waals surface area contributed by atoms with E-state index in [9.17, 15) is 23.1 Å². The highest BCUT2D eigenvalue weighted by Gasteiger charge is 2.45. The predicted octanol–water partition coefficient (Wildman–Crippen LogP) is 2.95. The summed E-state index contributed by atoms with van der Waals surface area (Å²) in [6, 6.07) is 10.8. The van der Waals surface area contributed by atoms with Crippen LogP contribution in [0.3, 0.4) is 0 Å². The highest BCUT2D eigenvalue weighted by Crippen LogP contribution is 2.46. The SMILES string of the molecule is O=c1c2cnc(Nc3ccc4c(c3)CCNC4)nc2n(-c2cccc(C3(CO)CC3)n2)n1CC(F)(F)F. The van der Waals surface area contributed by atoms with Gasteiger partial charge in [0, 0.05) is 23.8 Å². The second kappa shape index (κ2) is 8.67. The van der Waals surface area contributed by atoms with Crippen LogP contribution in [0.2, 0.25) is 0 Å². The number of aliphatic hydroxyl groups is 1. The van der Waals surface area contributed by atoms with E-state index in [0.29, 0.717) is 10.4 Å². The fourth-order valence-corrected chi connectivity index (χ4v) is 4.80. The number of alkyl halides is 3. The normalized spacial score (nSPS) is 16.5. The quantitative estimate of drug-likeness (QED) is 0.365. The first-order chi connectivity index (χ1) is 17.8. The molecule has 6 rings (SSSR count). The first kappa shape index (κ1) is 23.6. The van der Waals surface area contributed by atoms with Crippen molar-refractivity contribution in [2.24, 2.45) is 0 Å². The van der Waals surface area contributed by atoms with Gasteiger partial charge >= 0.3 is 6.18 Å². The minimum absolute atomic E-state index is 0.00686. The van der Waals surface area contributed by atoms with Crippen molar-refractivity contribution in [2.75, 3.05) is 18.5 Å². The van der Waals surface area contributed by atoms with Crippen LogP contribution < -0.4 is 16.2 Å². The number of fused-ring (bicyclic) bond motifs is 2. The Hall–Kier alpha value is -3.77.